The minimum atomic E-state index is -0.796. The lowest BCUT2D eigenvalue weighted by Crippen LogP contribution is -2.51. The predicted octanol–water partition coefficient (Wildman–Crippen LogP) is 0.0175. The maximum atomic E-state index is 12.3. The maximum absolute atomic E-state index is 12.3. The first-order valence-corrected chi connectivity index (χ1v) is 7.42. The summed E-state index contributed by atoms with van der Waals surface area (Å²) in [5, 5.41) is 13.3. The van der Waals surface area contributed by atoms with Crippen LogP contribution in [0.15, 0.2) is 0 Å². The quantitative estimate of drug-likeness (QED) is 0.673. The summed E-state index contributed by atoms with van der Waals surface area (Å²) in [4.78, 5) is 12.3. The highest BCUT2D eigenvalue weighted by atomic mass is 16.5. The van der Waals surface area contributed by atoms with Gasteiger partial charge in [0, 0.05) is 38.6 Å². The molecule has 2 bridgehead atoms. The number of amides is 1. The molecule has 4 atom stereocenters. The number of hydrogen-bond acceptors (Lipinski definition) is 4. The van der Waals surface area contributed by atoms with E-state index >= 15 is 0 Å². The van der Waals surface area contributed by atoms with Gasteiger partial charge in [-0.05, 0) is 31.1 Å². The van der Waals surface area contributed by atoms with Crippen LogP contribution in [-0.4, -0.2) is 42.4 Å². The molecule has 0 spiro atoms. The molecule has 2 aliphatic carbocycles. The van der Waals surface area contributed by atoms with Gasteiger partial charge in [-0.1, -0.05) is 0 Å². The maximum Gasteiger partial charge on any atom is 0.225 e. The molecule has 4 N–H and O–H groups in total. The summed E-state index contributed by atoms with van der Waals surface area (Å²) in [7, 11) is 0. The van der Waals surface area contributed by atoms with Crippen LogP contribution in [0.3, 0.4) is 0 Å². The van der Waals surface area contributed by atoms with Crippen LogP contribution < -0.4 is 11.1 Å². The van der Waals surface area contributed by atoms with E-state index in [0.717, 1.165) is 12.8 Å². The van der Waals surface area contributed by atoms with Crippen LogP contribution in [0.4, 0.5) is 0 Å². The third-order valence-electron chi connectivity index (χ3n) is 5.30. The monoisotopic (exact) mass is 268 g/mol. The van der Waals surface area contributed by atoms with Crippen LogP contribution >= 0.6 is 0 Å². The van der Waals surface area contributed by atoms with E-state index < -0.39 is 5.60 Å². The fourth-order valence-corrected chi connectivity index (χ4v) is 4.02. The van der Waals surface area contributed by atoms with E-state index in [2.05, 4.69) is 5.32 Å². The van der Waals surface area contributed by atoms with Crippen molar-refractivity contribution in [2.24, 2.45) is 23.5 Å². The summed E-state index contributed by atoms with van der Waals surface area (Å²) < 4.78 is 5.24. The standard InChI is InChI=1S/C14H24N2O3/c15-12-10-2-1-9(7-10)11(12)13(17)16-8-14(18)3-5-19-6-4-14/h9-12,18H,1-8,15H2,(H,16,17). The van der Waals surface area contributed by atoms with Crippen molar-refractivity contribution in [1.82, 2.24) is 5.32 Å². The first-order chi connectivity index (χ1) is 9.09. The van der Waals surface area contributed by atoms with E-state index in [4.69, 9.17) is 10.5 Å². The summed E-state index contributed by atoms with van der Waals surface area (Å²) in [6.45, 7) is 1.47. The van der Waals surface area contributed by atoms with E-state index in [-0.39, 0.29) is 17.9 Å². The molecule has 5 nitrogen and oxygen atoms in total. The molecule has 2 saturated carbocycles. The molecule has 3 fully saturated rings. The van der Waals surface area contributed by atoms with Gasteiger partial charge in [-0.2, -0.15) is 0 Å². The second kappa shape index (κ2) is 5.04. The normalized spacial score (nSPS) is 40.3. The third-order valence-corrected chi connectivity index (χ3v) is 5.30. The number of hydrogen-bond donors (Lipinski definition) is 3. The highest BCUT2D eigenvalue weighted by Crippen LogP contribution is 2.47. The number of nitrogens with two attached hydrogens (primary N) is 1. The topological polar surface area (TPSA) is 84.6 Å². The van der Waals surface area contributed by atoms with Gasteiger partial charge in [0.25, 0.3) is 0 Å². The summed E-state index contributed by atoms with van der Waals surface area (Å²) in [5.74, 6) is 0.998. The van der Waals surface area contributed by atoms with Gasteiger partial charge in [0.1, 0.15) is 0 Å². The third kappa shape index (κ3) is 2.51. The number of ether oxygens (including phenoxy) is 1. The predicted molar refractivity (Wildman–Crippen MR) is 70.3 cm³/mol. The van der Waals surface area contributed by atoms with Gasteiger partial charge in [-0.15, -0.1) is 0 Å². The smallest absolute Gasteiger partial charge is 0.225 e. The van der Waals surface area contributed by atoms with Crippen LogP contribution in [0.5, 0.6) is 0 Å². The second-order valence-electron chi connectivity index (χ2n) is 6.49. The lowest BCUT2D eigenvalue weighted by molar-refractivity contribution is -0.129. The van der Waals surface area contributed by atoms with Gasteiger partial charge in [-0.25, -0.2) is 0 Å². The molecule has 19 heavy (non-hydrogen) atoms. The number of rotatable bonds is 3. The van der Waals surface area contributed by atoms with Gasteiger partial charge in [0.15, 0.2) is 0 Å². The molecule has 5 heteroatoms. The minimum absolute atomic E-state index is 0.0167. The molecule has 3 rings (SSSR count). The molecule has 108 valence electrons. The van der Waals surface area contributed by atoms with E-state index in [1.54, 1.807) is 0 Å². The Balaban J connectivity index is 1.54. The Morgan fingerprint density at radius 1 is 1.32 bits per heavy atom. The van der Waals surface area contributed by atoms with Crippen molar-refractivity contribution in [3.05, 3.63) is 0 Å². The van der Waals surface area contributed by atoms with Crippen LogP contribution in [0.1, 0.15) is 32.1 Å². The average Bonchev–Trinajstić information content (AvgIpc) is 2.98. The molecule has 0 aromatic carbocycles. The Bertz CT molecular complexity index is 353. The van der Waals surface area contributed by atoms with Crippen molar-refractivity contribution >= 4 is 5.91 Å². The van der Waals surface area contributed by atoms with E-state index in [9.17, 15) is 9.90 Å². The van der Waals surface area contributed by atoms with E-state index in [1.165, 1.54) is 6.42 Å². The molecule has 1 amide bonds. The zero-order valence-corrected chi connectivity index (χ0v) is 11.3. The van der Waals surface area contributed by atoms with Crippen molar-refractivity contribution in [3.8, 4) is 0 Å². The average molecular weight is 268 g/mol. The number of carbonyl (C=O) groups is 1. The molecule has 3 aliphatic rings. The Morgan fingerprint density at radius 2 is 2.00 bits per heavy atom. The van der Waals surface area contributed by atoms with E-state index in [1.807, 2.05) is 0 Å². The lowest BCUT2D eigenvalue weighted by atomic mass is 9.84. The summed E-state index contributed by atoms with van der Waals surface area (Å²) in [6, 6.07) is 0.0167. The van der Waals surface area contributed by atoms with Gasteiger partial charge in [0.2, 0.25) is 5.91 Å². The van der Waals surface area contributed by atoms with Crippen LogP contribution in [0.25, 0.3) is 0 Å². The molecule has 0 aromatic heterocycles. The Hall–Kier alpha value is -0.650. The Kier molecular flexibility index (Phi) is 3.53. The van der Waals surface area contributed by atoms with Crippen LogP contribution in [0.2, 0.25) is 0 Å². The molecule has 1 aliphatic heterocycles. The fraction of sp³-hybridized carbons (Fsp3) is 0.929. The van der Waals surface area contributed by atoms with Crippen LogP contribution in [-0.2, 0) is 9.53 Å². The fourth-order valence-electron chi connectivity index (χ4n) is 4.02. The number of carbonyl (C=O) groups excluding carboxylic acids is 1. The molecule has 0 aromatic rings. The minimum Gasteiger partial charge on any atom is -0.388 e. The molecule has 4 unspecified atom stereocenters. The first-order valence-electron chi connectivity index (χ1n) is 7.42. The van der Waals surface area contributed by atoms with Gasteiger partial charge in [0.05, 0.1) is 11.5 Å². The molecular weight excluding hydrogens is 244 g/mol. The lowest BCUT2D eigenvalue weighted by Gasteiger charge is -2.33. The van der Waals surface area contributed by atoms with Gasteiger partial charge < -0.3 is 20.9 Å². The Labute approximate surface area is 113 Å². The second-order valence-corrected chi connectivity index (χ2v) is 6.49. The first kappa shape index (κ1) is 13.3. The van der Waals surface area contributed by atoms with Crippen molar-refractivity contribution in [1.29, 1.82) is 0 Å². The van der Waals surface area contributed by atoms with Crippen molar-refractivity contribution in [2.75, 3.05) is 19.8 Å². The zero-order chi connectivity index (χ0) is 13.5. The molecular formula is C14H24N2O3. The van der Waals surface area contributed by atoms with Crippen molar-refractivity contribution in [2.45, 2.75) is 43.7 Å². The highest BCUT2D eigenvalue weighted by Gasteiger charge is 2.49. The molecule has 1 saturated heterocycles. The van der Waals surface area contributed by atoms with Crippen LogP contribution in [0, 0.1) is 17.8 Å². The van der Waals surface area contributed by atoms with Crippen molar-refractivity contribution < 1.29 is 14.6 Å². The SMILES string of the molecule is NC1C2CCC(C2)C1C(=O)NCC1(O)CCOCC1. The number of nitrogens with one attached hydrogen (secondary N) is 1. The number of aliphatic hydroxyl groups is 1. The molecule has 1 heterocycles. The van der Waals surface area contributed by atoms with Crippen molar-refractivity contribution in [3.63, 3.8) is 0 Å². The molecule has 0 radical (unpaired) electrons. The van der Waals surface area contributed by atoms with E-state index in [0.29, 0.717) is 44.4 Å². The summed E-state index contributed by atoms with van der Waals surface area (Å²) >= 11 is 0. The number of fused-ring (bicyclic) bond motifs is 2. The zero-order valence-electron chi connectivity index (χ0n) is 11.3. The largest absolute Gasteiger partial charge is 0.388 e. The highest BCUT2D eigenvalue weighted by molar-refractivity contribution is 5.80. The summed E-state index contributed by atoms with van der Waals surface area (Å²) in [6.07, 6.45) is 4.61. The van der Waals surface area contributed by atoms with Gasteiger partial charge in [-0.3, -0.25) is 4.79 Å². The van der Waals surface area contributed by atoms with Gasteiger partial charge >= 0.3 is 0 Å². The Morgan fingerprint density at radius 3 is 2.63 bits per heavy atom. The summed E-state index contributed by atoms with van der Waals surface area (Å²) in [5.41, 5.74) is 5.37.